The summed E-state index contributed by atoms with van der Waals surface area (Å²) in [6, 6.07) is 9.80. The van der Waals surface area contributed by atoms with Gasteiger partial charge in [0.05, 0.1) is 18.8 Å². The van der Waals surface area contributed by atoms with Crippen molar-refractivity contribution in [2.75, 3.05) is 0 Å². The number of rotatable bonds is 4. The monoisotopic (exact) mass is 234 g/mol. The van der Waals surface area contributed by atoms with E-state index in [0.717, 1.165) is 5.56 Å². The van der Waals surface area contributed by atoms with Crippen molar-refractivity contribution in [1.82, 2.24) is 0 Å². The molecule has 1 fully saturated rings. The summed E-state index contributed by atoms with van der Waals surface area (Å²) in [5, 5.41) is 19.5. The average Bonchev–Trinajstić information content (AvgIpc) is 2.65. The molecule has 0 spiro atoms. The molecule has 0 saturated heterocycles. The lowest BCUT2D eigenvalue weighted by molar-refractivity contribution is -0.0616. The quantitative estimate of drug-likeness (QED) is 0.776. The highest BCUT2D eigenvalue weighted by molar-refractivity contribution is 5.13. The first-order valence-corrected chi connectivity index (χ1v) is 5.86. The van der Waals surface area contributed by atoms with E-state index < -0.39 is 12.2 Å². The number of benzene rings is 1. The van der Waals surface area contributed by atoms with Crippen LogP contribution in [0.25, 0.3) is 0 Å². The first-order valence-electron chi connectivity index (χ1n) is 5.86. The van der Waals surface area contributed by atoms with Gasteiger partial charge in [-0.2, -0.15) is 0 Å². The number of aliphatic hydroxyl groups is 2. The third kappa shape index (κ3) is 2.75. The highest BCUT2D eigenvalue weighted by Gasteiger charge is 2.40. The van der Waals surface area contributed by atoms with Crippen LogP contribution in [0.3, 0.4) is 0 Å². The third-order valence-electron chi connectivity index (χ3n) is 3.28. The Morgan fingerprint density at radius 1 is 1.24 bits per heavy atom. The SMILES string of the molecule is C=CC1CC(OCc2ccccc2)C(O)C1O. The van der Waals surface area contributed by atoms with Crippen LogP contribution < -0.4 is 0 Å². The van der Waals surface area contributed by atoms with Crippen LogP contribution in [0.15, 0.2) is 43.0 Å². The summed E-state index contributed by atoms with van der Waals surface area (Å²) in [5.41, 5.74) is 1.07. The molecule has 0 bridgehead atoms. The Balaban J connectivity index is 1.90. The predicted octanol–water partition coefficient (Wildman–Crippen LogP) is 1.50. The van der Waals surface area contributed by atoms with Crippen molar-refractivity contribution in [3.63, 3.8) is 0 Å². The molecule has 0 amide bonds. The van der Waals surface area contributed by atoms with Gasteiger partial charge < -0.3 is 14.9 Å². The van der Waals surface area contributed by atoms with Gasteiger partial charge in [0.15, 0.2) is 0 Å². The highest BCUT2D eigenvalue weighted by atomic mass is 16.5. The average molecular weight is 234 g/mol. The Kier molecular flexibility index (Phi) is 3.94. The van der Waals surface area contributed by atoms with E-state index in [9.17, 15) is 10.2 Å². The van der Waals surface area contributed by atoms with Gasteiger partial charge in [-0.25, -0.2) is 0 Å². The lowest BCUT2D eigenvalue weighted by Gasteiger charge is -2.17. The van der Waals surface area contributed by atoms with Crippen molar-refractivity contribution in [2.45, 2.75) is 31.3 Å². The summed E-state index contributed by atoms with van der Waals surface area (Å²) in [6.45, 7) is 4.11. The first-order chi connectivity index (χ1) is 8.22. The van der Waals surface area contributed by atoms with E-state index in [-0.39, 0.29) is 12.0 Å². The zero-order valence-corrected chi connectivity index (χ0v) is 9.70. The zero-order valence-electron chi connectivity index (χ0n) is 9.70. The van der Waals surface area contributed by atoms with E-state index >= 15 is 0 Å². The van der Waals surface area contributed by atoms with Crippen LogP contribution in [0, 0.1) is 5.92 Å². The molecular weight excluding hydrogens is 216 g/mol. The molecule has 1 aliphatic rings. The van der Waals surface area contributed by atoms with Crippen LogP contribution >= 0.6 is 0 Å². The lowest BCUT2D eigenvalue weighted by Crippen LogP contribution is -2.31. The lowest BCUT2D eigenvalue weighted by atomic mass is 10.1. The van der Waals surface area contributed by atoms with E-state index in [1.807, 2.05) is 30.3 Å². The van der Waals surface area contributed by atoms with Gasteiger partial charge in [0.1, 0.15) is 6.10 Å². The van der Waals surface area contributed by atoms with Crippen molar-refractivity contribution >= 4 is 0 Å². The molecule has 17 heavy (non-hydrogen) atoms. The largest absolute Gasteiger partial charge is 0.390 e. The van der Waals surface area contributed by atoms with Crippen molar-refractivity contribution in [2.24, 2.45) is 5.92 Å². The molecule has 1 aromatic rings. The van der Waals surface area contributed by atoms with Gasteiger partial charge in [0, 0.05) is 5.92 Å². The van der Waals surface area contributed by atoms with Gasteiger partial charge in [-0.1, -0.05) is 36.4 Å². The van der Waals surface area contributed by atoms with E-state index in [4.69, 9.17) is 4.74 Å². The van der Waals surface area contributed by atoms with Crippen LogP contribution in [0.2, 0.25) is 0 Å². The van der Waals surface area contributed by atoms with Gasteiger partial charge in [0.25, 0.3) is 0 Å². The number of aliphatic hydroxyl groups excluding tert-OH is 2. The normalized spacial score (nSPS) is 32.6. The maximum atomic E-state index is 9.81. The van der Waals surface area contributed by atoms with Gasteiger partial charge >= 0.3 is 0 Å². The number of hydrogen-bond acceptors (Lipinski definition) is 3. The molecule has 3 nitrogen and oxygen atoms in total. The standard InChI is InChI=1S/C14H18O3/c1-2-11-8-12(14(16)13(11)15)17-9-10-6-4-3-5-7-10/h2-7,11-16H,1,8-9H2. The highest BCUT2D eigenvalue weighted by Crippen LogP contribution is 2.30. The van der Waals surface area contributed by atoms with Crippen LogP contribution in [0.1, 0.15) is 12.0 Å². The Hall–Kier alpha value is -1.16. The molecule has 0 aliphatic heterocycles. The summed E-state index contributed by atoms with van der Waals surface area (Å²) in [5.74, 6) is -0.0780. The smallest absolute Gasteiger partial charge is 0.107 e. The molecular formula is C14H18O3. The van der Waals surface area contributed by atoms with Gasteiger partial charge in [-0.15, -0.1) is 6.58 Å². The molecule has 2 N–H and O–H groups in total. The molecule has 2 rings (SSSR count). The molecule has 3 heteroatoms. The first kappa shape index (κ1) is 12.3. The molecule has 92 valence electrons. The summed E-state index contributed by atoms with van der Waals surface area (Å²) in [7, 11) is 0. The second kappa shape index (κ2) is 5.45. The fraction of sp³-hybridized carbons (Fsp3) is 0.429. The summed E-state index contributed by atoms with van der Waals surface area (Å²) in [6.07, 6.45) is 0.418. The predicted molar refractivity (Wildman–Crippen MR) is 65.3 cm³/mol. The van der Waals surface area contributed by atoms with Crippen molar-refractivity contribution < 1.29 is 14.9 Å². The second-order valence-corrected chi connectivity index (χ2v) is 4.45. The molecule has 0 heterocycles. The maximum absolute atomic E-state index is 9.81. The number of hydrogen-bond donors (Lipinski definition) is 2. The van der Waals surface area contributed by atoms with Crippen LogP contribution in [-0.4, -0.2) is 28.5 Å². The molecule has 0 aromatic heterocycles. The minimum atomic E-state index is -0.818. The topological polar surface area (TPSA) is 49.7 Å². The van der Waals surface area contributed by atoms with E-state index in [1.165, 1.54) is 0 Å². The second-order valence-electron chi connectivity index (χ2n) is 4.45. The zero-order chi connectivity index (χ0) is 12.3. The summed E-state index contributed by atoms with van der Waals surface area (Å²) in [4.78, 5) is 0. The molecule has 1 aliphatic carbocycles. The third-order valence-corrected chi connectivity index (χ3v) is 3.28. The Morgan fingerprint density at radius 2 is 1.94 bits per heavy atom. The van der Waals surface area contributed by atoms with Gasteiger partial charge in [0.2, 0.25) is 0 Å². The van der Waals surface area contributed by atoms with Crippen LogP contribution in [0.5, 0.6) is 0 Å². The minimum Gasteiger partial charge on any atom is -0.390 e. The van der Waals surface area contributed by atoms with Crippen LogP contribution in [0.4, 0.5) is 0 Å². The Bertz CT molecular complexity index is 363. The summed E-state index contributed by atoms with van der Waals surface area (Å²) < 4.78 is 5.65. The van der Waals surface area contributed by atoms with Crippen molar-refractivity contribution in [1.29, 1.82) is 0 Å². The van der Waals surface area contributed by atoms with E-state index in [0.29, 0.717) is 13.0 Å². The van der Waals surface area contributed by atoms with Crippen molar-refractivity contribution in [3.05, 3.63) is 48.6 Å². The Morgan fingerprint density at radius 3 is 2.53 bits per heavy atom. The molecule has 0 radical (unpaired) electrons. The fourth-order valence-electron chi connectivity index (χ4n) is 2.20. The minimum absolute atomic E-state index is 0.0780. The number of ether oxygens (including phenoxy) is 1. The van der Waals surface area contributed by atoms with Crippen molar-refractivity contribution in [3.8, 4) is 0 Å². The van der Waals surface area contributed by atoms with Crippen LogP contribution in [-0.2, 0) is 11.3 Å². The Labute approximate surface area is 101 Å². The molecule has 1 aromatic carbocycles. The molecule has 1 saturated carbocycles. The maximum Gasteiger partial charge on any atom is 0.107 e. The van der Waals surface area contributed by atoms with Gasteiger partial charge in [-0.05, 0) is 12.0 Å². The molecule has 4 unspecified atom stereocenters. The molecule has 4 atom stereocenters. The van der Waals surface area contributed by atoms with Gasteiger partial charge in [-0.3, -0.25) is 0 Å². The van der Waals surface area contributed by atoms with E-state index in [1.54, 1.807) is 6.08 Å². The summed E-state index contributed by atoms with van der Waals surface area (Å²) >= 11 is 0. The van der Waals surface area contributed by atoms with E-state index in [2.05, 4.69) is 6.58 Å². The fourth-order valence-corrected chi connectivity index (χ4v) is 2.20.